The second kappa shape index (κ2) is 57.2. The topological polar surface area (TPSA) is 27.7 Å². The largest absolute Gasteiger partial charge is 0.553 e. The van der Waals surface area contributed by atoms with Gasteiger partial charge in [-0.2, -0.15) is 0 Å². The molecule has 0 aliphatic carbocycles. The summed E-state index contributed by atoms with van der Waals surface area (Å²) in [6, 6.07) is 0. The van der Waals surface area contributed by atoms with Crippen LogP contribution in [0.2, 0.25) is 0 Å². The summed E-state index contributed by atoms with van der Waals surface area (Å²) in [4.78, 5) is 0. The Morgan fingerprint density at radius 1 is 0.667 bits per heavy atom. The molecule has 9 heteroatoms. The van der Waals surface area contributed by atoms with Crippen molar-refractivity contribution in [3.05, 3.63) is 43.6 Å². The Balaban J connectivity index is -0.00000000889. The van der Waals surface area contributed by atoms with E-state index >= 15 is 0 Å². The van der Waals surface area contributed by atoms with Gasteiger partial charge in [0.25, 0.3) is 0 Å². The molecular formula is C9H20O3W3Y3-6. The maximum atomic E-state index is 4.65. The van der Waals surface area contributed by atoms with E-state index in [1.807, 2.05) is 0 Å². The first-order valence-electron chi connectivity index (χ1n) is 2.50. The smallest absolute Gasteiger partial charge is 0.0649 e. The van der Waals surface area contributed by atoms with Crippen LogP contribution in [0, 0.1) is 43.6 Å². The number of hydrogen-bond donors (Lipinski definition) is 0. The third-order valence-corrected chi connectivity index (χ3v) is 0.843. The Morgan fingerprint density at radius 3 is 1.00 bits per heavy atom. The summed E-state index contributed by atoms with van der Waals surface area (Å²) in [5, 5.41) is 0. The van der Waals surface area contributed by atoms with Crippen molar-refractivity contribution in [3.63, 3.8) is 0 Å². The van der Waals surface area contributed by atoms with Gasteiger partial charge < -0.3 is 36.5 Å². The van der Waals surface area contributed by atoms with Gasteiger partial charge >= 0.3 is 0 Å². The van der Waals surface area contributed by atoms with Crippen LogP contribution in [-0.2, 0) is 176 Å². The van der Waals surface area contributed by atoms with Crippen molar-refractivity contribution in [1.82, 2.24) is 0 Å². The van der Waals surface area contributed by atoms with E-state index in [1.54, 1.807) is 0 Å². The SMILES string of the molecule is [CH2-]OCC(CO[CH2-])O[CH2-].[CH3-].[CH3-].[CH3-].[W].[W].[W].[Y].[Y].[Y]. The summed E-state index contributed by atoms with van der Waals surface area (Å²) in [6.07, 6.45) is -0.167. The fraction of sp³-hybridized carbons (Fsp3) is 0.333. The molecule has 0 N–H and O–H groups in total. The van der Waals surface area contributed by atoms with Crippen LogP contribution < -0.4 is 0 Å². The first kappa shape index (κ1) is 65.6. The maximum absolute atomic E-state index is 4.65. The Bertz CT molecular complexity index is 74.3. The number of rotatable bonds is 5. The van der Waals surface area contributed by atoms with Crippen LogP contribution in [0.3, 0.4) is 0 Å². The van der Waals surface area contributed by atoms with Gasteiger partial charge in [0.1, 0.15) is 0 Å². The first-order valence-corrected chi connectivity index (χ1v) is 2.50. The average molecular weight is 994 g/mol. The van der Waals surface area contributed by atoms with Crippen molar-refractivity contribution in [1.29, 1.82) is 0 Å². The zero-order chi connectivity index (χ0) is 7.11. The van der Waals surface area contributed by atoms with Gasteiger partial charge in [0.15, 0.2) is 0 Å². The van der Waals surface area contributed by atoms with Gasteiger partial charge in [-0.3, -0.25) is 0 Å². The van der Waals surface area contributed by atoms with Crippen LogP contribution in [0.15, 0.2) is 0 Å². The molecule has 0 aromatic heterocycles. The van der Waals surface area contributed by atoms with Crippen LogP contribution in [0.1, 0.15) is 0 Å². The molecule has 0 aliphatic heterocycles. The summed E-state index contributed by atoms with van der Waals surface area (Å²) in [5.41, 5.74) is 0. The van der Waals surface area contributed by atoms with Crippen molar-refractivity contribution < 1.29 is 176 Å². The molecule has 0 aromatic rings. The van der Waals surface area contributed by atoms with E-state index in [0.29, 0.717) is 13.2 Å². The molecule has 0 rings (SSSR count). The molecule has 0 fully saturated rings. The molecule has 107 valence electrons. The third-order valence-electron chi connectivity index (χ3n) is 0.843. The monoisotopic (exact) mass is 995 g/mol. The second-order valence-corrected chi connectivity index (χ2v) is 1.53. The van der Waals surface area contributed by atoms with Crippen molar-refractivity contribution in [2.75, 3.05) is 13.2 Å². The average Bonchev–Trinajstić information content (AvgIpc) is 1.88. The van der Waals surface area contributed by atoms with Gasteiger partial charge in [-0.25, -0.2) is 21.3 Å². The molecular weight excluding hydrogens is 974 g/mol. The predicted octanol–water partition coefficient (Wildman–Crippen LogP) is 2.12. The van der Waals surface area contributed by atoms with Crippen molar-refractivity contribution in [3.8, 4) is 0 Å². The molecule has 0 spiro atoms. The zero-order valence-electron chi connectivity index (χ0n) is 11.3. The van der Waals surface area contributed by atoms with Crippen LogP contribution in [0.5, 0.6) is 0 Å². The molecule has 3 radical (unpaired) electrons. The van der Waals surface area contributed by atoms with Crippen molar-refractivity contribution in [2.45, 2.75) is 6.10 Å². The molecule has 0 bridgehead atoms. The minimum Gasteiger partial charge on any atom is -0.553 e. The molecule has 0 aliphatic rings. The number of hydrogen-bond acceptors (Lipinski definition) is 3. The third kappa shape index (κ3) is 49.6. The molecule has 18 heavy (non-hydrogen) atoms. The van der Waals surface area contributed by atoms with Gasteiger partial charge in [-0.15, -0.1) is 0 Å². The molecule has 0 saturated heterocycles. The summed E-state index contributed by atoms with van der Waals surface area (Å²) in [6.45, 7) is 0.748. The summed E-state index contributed by atoms with van der Waals surface area (Å²) in [5.74, 6) is 0. The van der Waals surface area contributed by atoms with Crippen LogP contribution in [-0.4, -0.2) is 19.3 Å². The molecule has 0 atom stereocenters. The molecule has 0 heterocycles. The van der Waals surface area contributed by atoms with Crippen LogP contribution >= 0.6 is 0 Å². The van der Waals surface area contributed by atoms with E-state index in [0.717, 1.165) is 0 Å². The van der Waals surface area contributed by atoms with E-state index in [-0.39, 0.29) is 190 Å². The molecule has 3 nitrogen and oxygen atoms in total. The van der Waals surface area contributed by atoms with Gasteiger partial charge in [0, 0.05) is 175 Å². The molecule has 0 unspecified atom stereocenters. The van der Waals surface area contributed by atoms with Gasteiger partial charge in [-0.1, -0.05) is 0 Å². The molecule has 0 saturated carbocycles. The Hall–Kier alpha value is 5.26. The molecule has 0 amide bonds. The number of ether oxygens (including phenoxy) is 3. The van der Waals surface area contributed by atoms with E-state index in [4.69, 9.17) is 0 Å². The minimum absolute atomic E-state index is 0. The van der Waals surface area contributed by atoms with Crippen LogP contribution in [0.4, 0.5) is 0 Å². The Morgan fingerprint density at radius 2 is 0.889 bits per heavy atom. The summed E-state index contributed by atoms with van der Waals surface area (Å²) >= 11 is 0. The maximum Gasteiger partial charge on any atom is 0.0649 e. The summed E-state index contributed by atoms with van der Waals surface area (Å²) in [7, 11) is 9.55. The Kier molecular flexibility index (Phi) is 208. The molecule has 0 aromatic carbocycles. The van der Waals surface area contributed by atoms with E-state index in [2.05, 4.69) is 35.5 Å². The Labute approximate surface area is 233 Å². The fourth-order valence-electron chi connectivity index (χ4n) is 0.407. The fourth-order valence-corrected chi connectivity index (χ4v) is 0.407. The van der Waals surface area contributed by atoms with Gasteiger partial charge in [0.05, 0.1) is 6.10 Å². The van der Waals surface area contributed by atoms with E-state index in [9.17, 15) is 0 Å². The predicted molar refractivity (Wildman–Crippen MR) is 52.1 cm³/mol. The minimum atomic E-state index is -0.167. The van der Waals surface area contributed by atoms with Crippen molar-refractivity contribution >= 4 is 0 Å². The summed E-state index contributed by atoms with van der Waals surface area (Å²) < 4.78 is 13.7. The normalized spacial score (nSPS) is 5.33. The second-order valence-electron chi connectivity index (χ2n) is 1.53. The van der Waals surface area contributed by atoms with Gasteiger partial charge in [-0.05, 0) is 0 Å². The quantitative estimate of drug-likeness (QED) is 0.396. The van der Waals surface area contributed by atoms with E-state index in [1.165, 1.54) is 0 Å². The standard InChI is InChI=1S/C6H11O3.3CH3.3W.3Y/c1-7-4-6(9-3)5-8-2;;;;;;;;;/h6H,1-5H2;3*1H3;;;;;;/q-3;3*-1;;;;;;. The van der Waals surface area contributed by atoms with Crippen molar-refractivity contribution in [2.24, 2.45) is 0 Å². The van der Waals surface area contributed by atoms with Crippen LogP contribution in [0.25, 0.3) is 0 Å². The van der Waals surface area contributed by atoms with E-state index < -0.39 is 0 Å². The first-order chi connectivity index (χ1) is 4.35. The van der Waals surface area contributed by atoms with Gasteiger partial charge in [0.2, 0.25) is 0 Å². The zero-order valence-corrected chi connectivity index (χ0v) is 28.6.